The van der Waals surface area contributed by atoms with Crippen molar-refractivity contribution in [3.05, 3.63) is 27.2 Å². The van der Waals surface area contributed by atoms with Crippen molar-refractivity contribution >= 4 is 43.5 Å². The van der Waals surface area contributed by atoms with E-state index in [0.29, 0.717) is 0 Å². The maximum atomic E-state index is 12.1. The molecule has 1 aromatic carbocycles. The number of carbonyl (C=O) groups excluding carboxylic acids is 1. The van der Waals surface area contributed by atoms with Gasteiger partial charge in [0, 0.05) is 10.5 Å². The smallest absolute Gasteiger partial charge is 0.253 e. The van der Waals surface area contributed by atoms with Gasteiger partial charge in [-0.15, -0.1) is 0 Å². The first-order chi connectivity index (χ1) is 9.16. The molecule has 20 heavy (non-hydrogen) atoms. The minimum Gasteiger partial charge on any atom is -0.350 e. The van der Waals surface area contributed by atoms with E-state index in [-0.39, 0.29) is 26.0 Å². The quantitative estimate of drug-likeness (QED) is 0.819. The number of primary sulfonamides is 1. The second kappa shape index (κ2) is 6.89. The molecule has 1 unspecified atom stereocenters. The Morgan fingerprint density at radius 2 is 2.10 bits per heavy atom. The number of nitrogens with two attached hydrogens (primary N) is 1. The van der Waals surface area contributed by atoms with Gasteiger partial charge in [-0.3, -0.25) is 4.79 Å². The van der Waals surface area contributed by atoms with Gasteiger partial charge in [0.25, 0.3) is 5.91 Å². The van der Waals surface area contributed by atoms with Crippen molar-refractivity contribution in [1.29, 1.82) is 0 Å². The second-order valence-corrected chi connectivity index (χ2v) is 7.26. The van der Waals surface area contributed by atoms with Gasteiger partial charge in [0.05, 0.1) is 15.5 Å². The summed E-state index contributed by atoms with van der Waals surface area (Å²) in [5.74, 6) is -0.423. The summed E-state index contributed by atoms with van der Waals surface area (Å²) in [6, 6.07) is 2.50. The van der Waals surface area contributed by atoms with E-state index in [1.807, 2.05) is 13.8 Å². The van der Waals surface area contributed by atoms with Crippen molar-refractivity contribution in [2.75, 3.05) is 0 Å². The Morgan fingerprint density at radius 3 is 2.60 bits per heavy atom. The van der Waals surface area contributed by atoms with Crippen LogP contribution in [0.15, 0.2) is 21.5 Å². The number of rotatable bonds is 5. The van der Waals surface area contributed by atoms with E-state index in [1.54, 1.807) is 0 Å². The zero-order valence-corrected chi connectivity index (χ0v) is 14.3. The summed E-state index contributed by atoms with van der Waals surface area (Å²) in [6.07, 6.45) is 1.75. The highest BCUT2D eigenvalue weighted by Crippen LogP contribution is 2.28. The average molecular weight is 384 g/mol. The van der Waals surface area contributed by atoms with Crippen LogP contribution in [0.4, 0.5) is 0 Å². The molecule has 112 valence electrons. The molecule has 0 heterocycles. The third-order valence-electron chi connectivity index (χ3n) is 2.67. The molecule has 0 fully saturated rings. The Balaban J connectivity index is 3.16. The Kier molecular flexibility index (Phi) is 6.00. The van der Waals surface area contributed by atoms with E-state index in [0.717, 1.165) is 12.8 Å². The molecule has 0 aliphatic rings. The minimum atomic E-state index is -3.93. The number of hydrogen-bond donors (Lipinski definition) is 2. The maximum absolute atomic E-state index is 12.1. The van der Waals surface area contributed by atoms with Gasteiger partial charge in [-0.05, 0) is 41.4 Å². The number of benzene rings is 1. The first-order valence-corrected chi connectivity index (χ1v) is 8.71. The third kappa shape index (κ3) is 4.44. The molecule has 1 amide bonds. The summed E-state index contributed by atoms with van der Waals surface area (Å²) in [7, 11) is -3.93. The molecular weight excluding hydrogens is 368 g/mol. The molecule has 3 N–H and O–H groups in total. The van der Waals surface area contributed by atoms with E-state index < -0.39 is 15.9 Å². The molecule has 1 aromatic rings. The van der Waals surface area contributed by atoms with Crippen molar-refractivity contribution < 1.29 is 13.2 Å². The van der Waals surface area contributed by atoms with E-state index in [4.69, 9.17) is 16.7 Å². The van der Waals surface area contributed by atoms with E-state index in [1.165, 1.54) is 12.1 Å². The predicted octanol–water partition coefficient (Wildman–Crippen LogP) is 2.67. The standard InChI is InChI=1S/C12H16BrClN2O3S/c1-3-4-7(2)16-12(17)8-5-11(20(15,18)19)9(13)6-10(8)14/h5-7H,3-4H2,1-2H3,(H,16,17)(H2,15,18,19). The predicted molar refractivity (Wildman–Crippen MR) is 82.4 cm³/mol. The summed E-state index contributed by atoms with van der Waals surface area (Å²) in [4.78, 5) is 11.9. The van der Waals surface area contributed by atoms with Crippen molar-refractivity contribution in [3.63, 3.8) is 0 Å². The van der Waals surface area contributed by atoms with Crippen LogP contribution in [0.1, 0.15) is 37.0 Å². The molecule has 0 radical (unpaired) electrons. The molecule has 8 heteroatoms. The van der Waals surface area contributed by atoms with Gasteiger partial charge in [-0.2, -0.15) is 0 Å². The first kappa shape index (κ1) is 17.4. The largest absolute Gasteiger partial charge is 0.350 e. The zero-order chi connectivity index (χ0) is 15.5. The molecule has 0 bridgehead atoms. The molecule has 0 aliphatic heterocycles. The summed E-state index contributed by atoms with van der Waals surface area (Å²) in [5.41, 5.74) is 0.0850. The molecular formula is C12H16BrClN2O3S. The third-order valence-corrected chi connectivity index (χ3v) is 4.85. The lowest BCUT2D eigenvalue weighted by Gasteiger charge is -2.14. The molecule has 0 saturated heterocycles. The van der Waals surface area contributed by atoms with Gasteiger partial charge in [0.15, 0.2) is 0 Å². The van der Waals surface area contributed by atoms with Crippen molar-refractivity contribution in [1.82, 2.24) is 5.32 Å². The highest BCUT2D eigenvalue weighted by molar-refractivity contribution is 9.10. The van der Waals surface area contributed by atoms with E-state index in [2.05, 4.69) is 21.2 Å². The lowest BCUT2D eigenvalue weighted by molar-refractivity contribution is 0.0938. The van der Waals surface area contributed by atoms with Gasteiger partial charge in [-0.1, -0.05) is 24.9 Å². The Morgan fingerprint density at radius 1 is 1.50 bits per heavy atom. The fraction of sp³-hybridized carbons (Fsp3) is 0.417. The summed E-state index contributed by atoms with van der Waals surface area (Å²) >= 11 is 9.05. The van der Waals surface area contributed by atoms with Crippen molar-refractivity contribution in [2.45, 2.75) is 37.6 Å². The Labute approximate surface area is 132 Å². The van der Waals surface area contributed by atoms with Crippen LogP contribution in [-0.2, 0) is 10.0 Å². The lowest BCUT2D eigenvalue weighted by atomic mass is 10.1. The zero-order valence-electron chi connectivity index (χ0n) is 11.1. The highest BCUT2D eigenvalue weighted by Gasteiger charge is 2.20. The number of hydrogen-bond acceptors (Lipinski definition) is 3. The van der Waals surface area contributed by atoms with Crippen LogP contribution >= 0.6 is 27.5 Å². The van der Waals surface area contributed by atoms with Gasteiger partial charge < -0.3 is 5.32 Å². The van der Waals surface area contributed by atoms with E-state index in [9.17, 15) is 13.2 Å². The normalized spacial score (nSPS) is 13.1. The topological polar surface area (TPSA) is 89.3 Å². The van der Waals surface area contributed by atoms with Gasteiger partial charge >= 0.3 is 0 Å². The lowest BCUT2D eigenvalue weighted by Crippen LogP contribution is -2.32. The van der Waals surface area contributed by atoms with E-state index >= 15 is 0 Å². The van der Waals surface area contributed by atoms with Gasteiger partial charge in [-0.25, -0.2) is 13.6 Å². The SMILES string of the molecule is CCCC(C)NC(=O)c1cc(S(N)(=O)=O)c(Br)cc1Cl. The molecule has 0 aliphatic carbocycles. The molecule has 0 saturated carbocycles. The number of carbonyl (C=O) groups is 1. The first-order valence-electron chi connectivity index (χ1n) is 5.99. The number of sulfonamides is 1. The van der Waals surface area contributed by atoms with Crippen LogP contribution < -0.4 is 10.5 Å². The molecule has 1 rings (SSSR count). The van der Waals surface area contributed by atoms with Crippen LogP contribution in [0.25, 0.3) is 0 Å². The number of amides is 1. The summed E-state index contributed by atoms with van der Waals surface area (Å²) in [5, 5.41) is 8.01. The highest BCUT2D eigenvalue weighted by atomic mass is 79.9. The monoisotopic (exact) mass is 382 g/mol. The Hall–Kier alpha value is -0.630. The molecule has 0 aromatic heterocycles. The van der Waals surface area contributed by atoms with Gasteiger partial charge in [0.2, 0.25) is 10.0 Å². The summed E-state index contributed by atoms with van der Waals surface area (Å²) < 4.78 is 23.1. The van der Waals surface area contributed by atoms with Crippen LogP contribution in [0.5, 0.6) is 0 Å². The van der Waals surface area contributed by atoms with Crippen molar-refractivity contribution in [3.8, 4) is 0 Å². The fourth-order valence-corrected chi connectivity index (χ4v) is 3.74. The fourth-order valence-electron chi connectivity index (χ4n) is 1.73. The average Bonchev–Trinajstić information content (AvgIpc) is 2.26. The van der Waals surface area contributed by atoms with Crippen LogP contribution in [0, 0.1) is 0 Å². The number of nitrogens with one attached hydrogen (secondary N) is 1. The Bertz CT molecular complexity index is 619. The summed E-state index contributed by atoms with van der Waals surface area (Å²) in [6.45, 7) is 3.88. The van der Waals surface area contributed by atoms with Crippen LogP contribution in [-0.4, -0.2) is 20.4 Å². The minimum absolute atomic E-state index is 0.0230. The van der Waals surface area contributed by atoms with Crippen LogP contribution in [0.3, 0.4) is 0 Å². The molecule has 0 spiro atoms. The molecule has 1 atom stereocenters. The van der Waals surface area contributed by atoms with Crippen molar-refractivity contribution in [2.24, 2.45) is 5.14 Å². The number of halogens is 2. The molecule has 5 nitrogen and oxygen atoms in total. The van der Waals surface area contributed by atoms with Gasteiger partial charge in [0.1, 0.15) is 0 Å². The maximum Gasteiger partial charge on any atom is 0.253 e. The van der Waals surface area contributed by atoms with Crippen LogP contribution in [0.2, 0.25) is 5.02 Å². The second-order valence-electron chi connectivity index (χ2n) is 4.47.